The fraction of sp³-hybridized carbons (Fsp3) is 0.417. The number of thiazole rings is 1. The first-order valence-corrected chi connectivity index (χ1v) is 6.54. The Hall–Kier alpha value is -1.49. The third kappa shape index (κ3) is 1.80. The molecule has 0 amide bonds. The minimum atomic E-state index is 0.0468. The molecule has 0 saturated heterocycles. The lowest BCUT2D eigenvalue weighted by atomic mass is 9.95. The van der Waals surface area contributed by atoms with Crippen LogP contribution >= 0.6 is 11.3 Å². The number of nitrogens with zero attached hydrogens (tertiary/aromatic N) is 3. The molecule has 2 aromatic rings. The highest BCUT2D eigenvalue weighted by molar-refractivity contribution is 7.13. The summed E-state index contributed by atoms with van der Waals surface area (Å²) in [5.74, 6) is 0.405. The van der Waals surface area contributed by atoms with Crippen molar-refractivity contribution in [3.8, 4) is 0 Å². The summed E-state index contributed by atoms with van der Waals surface area (Å²) in [5.41, 5.74) is 1.25. The van der Waals surface area contributed by atoms with Gasteiger partial charge in [-0.25, -0.2) is 9.97 Å². The molecule has 1 aliphatic heterocycles. The molecule has 0 radical (unpaired) electrons. The van der Waals surface area contributed by atoms with Crippen molar-refractivity contribution in [1.29, 1.82) is 0 Å². The van der Waals surface area contributed by atoms with E-state index in [0.717, 1.165) is 19.4 Å². The Morgan fingerprint density at radius 3 is 3.18 bits per heavy atom. The third-order valence-corrected chi connectivity index (χ3v) is 4.37. The highest BCUT2D eigenvalue weighted by Gasteiger charge is 2.24. The predicted octanol–water partition coefficient (Wildman–Crippen LogP) is 2.47. The van der Waals surface area contributed by atoms with Crippen LogP contribution < -0.4 is 0 Å². The smallest absolute Gasteiger partial charge is 0.188 e. The van der Waals surface area contributed by atoms with Gasteiger partial charge < -0.3 is 4.57 Å². The lowest BCUT2D eigenvalue weighted by Crippen LogP contribution is -2.14. The van der Waals surface area contributed by atoms with E-state index in [1.54, 1.807) is 6.92 Å². The molecule has 5 heteroatoms. The number of carbonyl (C=O) groups is 1. The normalized spacial score (nSPS) is 19.0. The number of carbonyl (C=O) groups excluding carboxylic acids is 1. The quantitative estimate of drug-likeness (QED) is 0.766. The second-order valence-corrected chi connectivity index (χ2v) is 5.39. The van der Waals surface area contributed by atoms with Crippen molar-refractivity contribution >= 4 is 17.1 Å². The first kappa shape index (κ1) is 10.7. The van der Waals surface area contributed by atoms with Crippen LogP contribution in [0.1, 0.15) is 46.1 Å². The van der Waals surface area contributed by atoms with Crippen LogP contribution in [-0.4, -0.2) is 20.3 Å². The first-order valence-electron chi connectivity index (χ1n) is 5.72. The number of imidazole rings is 1. The largest absolute Gasteiger partial charge is 0.334 e. The SMILES string of the molecule is CC(=O)c1ncc(C2CCCn3cncc32)s1. The average molecular weight is 247 g/mol. The Kier molecular flexibility index (Phi) is 2.55. The third-order valence-electron chi connectivity index (χ3n) is 3.16. The molecule has 1 aliphatic rings. The van der Waals surface area contributed by atoms with Crippen molar-refractivity contribution < 1.29 is 4.79 Å². The summed E-state index contributed by atoms with van der Waals surface area (Å²) in [6.45, 7) is 2.61. The van der Waals surface area contributed by atoms with Crippen molar-refractivity contribution in [2.24, 2.45) is 0 Å². The van der Waals surface area contributed by atoms with Gasteiger partial charge in [-0.15, -0.1) is 11.3 Å². The number of Topliss-reactive ketones (excluding diaryl/α,β-unsaturated/α-hetero) is 1. The maximum atomic E-state index is 11.3. The van der Waals surface area contributed by atoms with Gasteiger partial charge in [-0.05, 0) is 12.8 Å². The zero-order chi connectivity index (χ0) is 11.8. The van der Waals surface area contributed by atoms with Gasteiger partial charge in [0.2, 0.25) is 0 Å². The topological polar surface area (TPSA) is 47.8 Å². The molecule has 0 spiro atoms. The maximum Gasteiger partial charge on any atom is 0.188 e. The molecule has 0 aromatic carbocycles. The molecule has 4 nitrogen and oxygen atoms in total. The van der Waals surface area contributed by atoms with Gasteiger partial charge in [0.1, 0.15) is 0 Å². The Labute approximate surface area is 103 Å². The van der Waals surface area contributed by atoms with Gasteiger partial charge in [-0.3, -0.25) is 4.79 Å². The monoisotopic (exact) mass is 247 g/mol. The molecule has 0 saturated carbocycles. The Morgan fingerprint density at radius 2 is 2.41 bits per heavy atom. The van der Waals surface area contributed by atoms with Crippen LogP contribution in [0, 0.1) is 0 Å². The Balaban J connectivity index is 1.98. The highest BCUT2D eigenvalue weighted by Crippen LogP contribution is 2.35. The maximum absolute atomic E-state index is 11.3. The van der Waals surface area contributed by atoms with Gasteiger partial charge >= 0.3 is 0 Å². The number of fused-ring (bicyclic) bond motifs is 1. The van der Waals surface area contributed by atoms with Crippen LogP contribution in [0.15, 0.2) is 18.7 Å². The highest BCUT2D eigenvalue weighted by atomic mass is 32.1. The van der Waals surface area contributed by atoms with Gasteiger partial charge in [0, 0.05) is 42.4 Å². The number of rotatable bonds is 2. The predicted molar refractivity (Wildman–Crippen MR) is 65.4 cm³/mol. The van der Waals surface area contributed by atoms with Gasteiger partial charge in [0.05, 0.1) is 6.33 Å². The second kappa shape index (κ2) is 4.07. The molecule has 1 atom stereocenters. The van der Waals surface area contributed by atoms with E-state index in [1.165, 1.54) is 21.9 Å². The lowest BCUT2D eigenvalue weighted by Gasteiger charge is -2.22. The fourth-order valence-electron chi connectivity index (χ4n) is 2.32. The summed E-state index contributed by atoms with van der Waals surface area (Å²) in [5, 5.41) is 0.608. The van der Waals surface area contributed by atoms with Crippen LogP contribution in [0.3, 0.4) is 0 Å². The molecule has 3 rings (SSSR count). The summed E-state index contributed by atoms with van der Waals surface area (Å²) in [6.07, 6.45) is 7.92. The van der Waals surface area contributed by atoms with Crippen molar-refractivity contribution in [2.75, 3.05) is 0 Å². The zero-order valence-corrected chi connectivity index (χ0v) is 10.4. The average Bonchev–Trinajstić information content (AvgIpc) is 2.97. The summed E-state index contributed by atoms with van der Waals surface area (Å²) in [4.78, 5) is 20.8. The van der Waals surface area contributed by atoms with Gasteiger partial charge in [0.25, 0.3) is 0 Å². The number of aromatic nitrogens is 3. The van der Waals surface area contributed by atoms with E-state index in [0.29, 0.717) is 10.9 Å². The minimum absolute atomic E-state index is 0.0468. The first-order chi connectivity index (χ1) is 8.25. The fourth-order valence-corrected chi connectivity index (χ4v) is 3.28. The van der Waals surface area contributed by atoms with E-state index in [4.69, 9.17) is 0 Å². The molecule has 0 bridgehead atoms. The minimum Gasteiger partial charge on any atom is -0.334 e. The van der Waals surface area contributed by atoms with E-state index in [2.05, 4.69) is 14.5 Å². The van der Waals surface area contributed by atoms with Crippen molar-refractivity contribution in [3.05, 3.63) is 34.3 Å². The number of hydrogen-bond acceptors (Lipinski definition) is 4. The van der Waals surface area contributed by atoms with Crippen LogP contribution in [0.25, 0.3) is 0 Å². The molecular formula is C12H13N3OS. The van der Waals surface area contributed by atoms with Gasteiger partial charge in [-0.1, -0.05) is 0 Å². The molecule has 2 aromatic heterocycles. The van der Waals surface area contributed by atoms with Crippen LogP contribution in [0.5, 0.6) is 0 Å². The molecule has 0 aliphatic carbocycles. The van der Waals surface area contributed by atoms with E-state index < -0.39 is 0 Å². The molecule has 88 valence electrons. The molecule has 17 heavy (non-hydrogen) atoms. The standard InChI is InChI=1S/C12H13N3OS/c1-8(16)12-14-6-11(17-12)9-3-2-4-15-7-13-5-10(9)15/h5-7,9H,2-4H2,1H3. The zero-order valence-electron chi connectivity index (χ0n) is 9.59. The second-order valence-electron chi connectivity index (χ2n) is 4.33. The summed E-state index contributed by atoms with van der Waals surface area (Å²) >= 11 is 1.51. The van der Waals surface area contributed by atoms with E-state index in [1.807, 2.05) is 18.7 Å². The Morgan fingerprint density at radius 1 is 1.53 bits per heavy atom. The number of ketones is 1. The molecule has 1 unspecified atom stereocenters. The van der Waals surface area contributed by atoms with Crippen molar-refractivity contribution in [2.45, 2.75) is 32.2 Å². The Bertz CT molecular complexity index is 558. The number of aryl methyl sites for hydroxylation is 1. The van der Waals surface area contributed by atoms with E-state index in [9.17, 15) is 4.79 Å². The van der Waals surface area contributed by atoms with Crippen molar-refractivity contribution in [1.82, 2.24) is 14.5 Å². The van der Waals surface area contributed by atoms with Crippen LogP contribution in [0.4, 0.5) is 0 Å². The van der Waals surface area contributed by atoms with Gasteiger partial charge in [-0.2, -0.15) is 0 Å². The lowest BCUT2D eigenvalue weighted by molar-refractivity contribution is 0.101. The van der Waals surface area contributed by atoms with E-state index >= 15 is 0 Å². The summed E-state index contributed by atoms with van der Waals surface area (Å²) in [6, 6.07) is 0. The molecule has 3 heterocycles. The van der Waals surface area contributed by atoms with Gasteiger partial charge in [0.15, 0.2) is 10.8 Å². The summed E-state index contributed by atoms with van der Waals surface area (Å²) in [7, 11) is 0. The van der Waals surface area contributed by atoms with Crippen LogP contribution in [0.2, 0.25) is 0 Å². The molecule has 0 fully saturated rings. The summed E-state index contributed by atoms with van der Waals surface area (Å²) < 4.78 is 2.20. The van der Waals surface area contributed by atoms with Crippen LogP contribution in [-0.2, 0) is 6.54 Å². The number of hydrogen-bond donors (Lipinski definition) is 0. The molecular weight excluding hydrogens is 234 g/mol. The van der Waals surface area contributed by atoms with Crippen molar-refractivity contribution in [3.63, 3.8) is 0 Å². The van der Waals surface area contributed by atoms with E-state index in [-0.39, 0.29) is 5.78 Å². The molecule has 0 N–H and O–H groups in total.